The molecule has 2 nitrogen and oxygen atoms in total. The molecule has 0 bridgehead atoms. The molecule has 0 fully saturated rings. The van der Waals surface area contributed by atoms with Crippen LogP contribution in [0.1, 0.15) is 10.4 Å². The average molecular weight is 188 g/mol. The number of rotatable bonds is 0. The molecule has 0 atom stereocenters. The number of nitrogens with zero attached hydrogens (tertiary/aromatic N) is 1. The fourth-order valence-electron chi connectivity index (χ4n) is 1.36. The van der Waals surface area contributed by atoms with Crippen LogP contribution in [0.4, 0.5) is 5.69 Å². The second kappa shape index (κ2) is 2.75. The predicted molar refractivity (Wildman–Crippen MR) is 55.7 cm³/mol. The van der Waals surface area contributed by atoms with Crippen LogP contribution in [0.2, 0.25) is 0 Å². The maximum Gasteiger partial charge on any atom is 0.129 e. The van der Waals surface area contributed by atoms with E-state index in [2.05, 4.69) is 6.07 Å². The van der Waals surface area contributed by atoms with Gasteiger partial charge in [-0.2, -0.15) is 5.26 Å². The number of nitriles is 1. The van der Waals surface area contributed by atoms with E-state index >= 15 is 0 Å². The van der Waals surface area contributed by atoms with Crippen molar-refractivity contribution in [3.8, 4) is 6.07 Å². The molecule has 0 aliphatic rings. The Morgan fingerprint density at radius 2 is 2.23 bits per heavy atom. The van der Waals surface area contributed by atoms with Crippen LogP contribution in [0, 0.1) is 18.3 Å². The van der Waals surface area contributed by atoms with E-state index in [0.29, 0.717) is 10.6 Å². The van der Waals surface area contributed by atoms with E-state index < -0.39 is 0 Å². The van der Waals surface area contributed by atoms with E-state index in [1.807, 2.05) is 25.1 Å². The van der Waals surface area contributed by atoms with Crippen molar-refractivity contribution in [3.05, 3.63) is 28.6 Å². The molecule has 2 aromatic rings. The number of anilines is 1. The molecular weight excluding hydrogens is 180 g/mol. The monoisotopic (exact) mass is 188 g/mol. The molecule has 0 aliphatic heterocycles. The van der Waals surface area contributed by atoms with Crippen molar-refractivity contribution in [2.24, 2.45) is 0 Å². The van der Waals surface area contributed by atoms with E-state index in [1.54, 1.807) is 0 Å². The Labute approximate surface area is 80.2 Å². The summed E-state index contributed by atoms with van der Waals surface area (Å²) < 4.78 is 1.12. The fraction of sp³-hybridized carbons (Fsp3) is 0.100. The minimum Gasteiger partial charge on any atom is -0.396 e. The zero-order valence-corrected chi connectivity index (χ0v) is 7.98. The molecule has 0 saturated heterocycles. The fourth-order valence-corrected chi connectivity index (χ4v) is 2.35. The van der Waals surface area contributed by atoms with Gasteiger partial charge in [-0.25, -0.2) is 0 Å². The Balaban J connectivity index is 2.94. The zero-order valence-electron chi connectivity index (χ0n) is 7.16. The van der Waals surface area contributed by atoms with Crippen molar-refractivity contribution in [2.75, 3.05) is 5.73 Å². The number of benzene rings is 1. The second-order valence-electron chi connectivity index (χ2n) is 2.91. The molecule has 2 N–H and O–H groups in total. The summed E-state index contributed by atoms with van der Waals surface area (Å²) in [5.41, 5.74) is 7.60. The highest BCUT2D eigenvalue weighted by molar-refractivity contribution is 7.20. The number of aryl methyl sites for hydroxylation is 1. The largest absolute Gasteiger partial charge is 0.396 e. The van der Waals surface area contributed by atoms with Gasteiger partial charge in [-0.15, -0.1) is 11.3 Å². The van der Waals surface area contributed by atoms with Crippen LogP contribution >= 0.6 is 11.3 Å². The van der Waals surface area contributed by atoms with Crippen LogP contribution in [-0.2, 0) is 0 Å². The van der Waals surface area contributed by atoms with Gasteiger partial charge >= 0.3 is 0 Å². The average Bonchev–Trinajstić information content (AvgIpc) is 2.45. The third-order valence-corrected chi connectivity index (χ3v) is 3.31. The lowest BCUT2D eigenvalue weighted by Crippen LogP contribution is -1.84. The van der Waals surface area contributed by atoms with Crippen LogP contribution in [0.15, 0.2) is 18.2 Å². The van der Waals surface area contributed by atoms with Gasteiger partial charge in [0.1, 0.15) is 10.9 Å². The zero-order chi connectivity index (χ0) is 9.42. The SMILES string of the molecule is Cc1cccc2c(N)c(C#N)sc12. The Hall–Kier alpha value is -1.53. The molecule has 0 saturated carbocycles. The predicted octanol–water partition coefficient (Wildman–Crippen LogP) is 2.66. The molecule has 0 aliphatic carbocycles. The Morgan fingerprint density at radius 1 is 1.46 bits per heavy atom. The quantitative estimate of drug-likeness (QED) is 0.691. The molecular formula is C10H8N2S. The standard InChI is InChI=1S/C10H8N2S/c1-6-3-2-4-7-9(12)8(5-11)13-10(6)7/h2-4H,12H2,1H3. The van der Waals surface area contributed by atoms with Crippen molar-refractivity contribution < 1.29 is 0 Å². The van der Waals surface area contributed by atoms with Gasteiger partial charge in [-0.3, -0.25) is 0 Å². The van der Waals surface area contributed by atoms with E-state index in [4.69, 9.17) is 11.0 Å². The van der Waals surface area contributed by atoms with Gasteiger partial charge in [0, 0.05) is 10.1 Å². The maximum atomic E-state index is 8.79. The first-order valence-corrected chi connectivity index (χ1v) is 4.73. The molecule has 3 heteroatoms. The van der Waals surface area contributed by atoms with Gasteiger partial charge in [0.05, 0.1) is 5.69 Å². The highest BCUT2D eigenvalue weighted by atomic mass is 32.1. The lowest BCUT2D eigenvalue weighted by atomic mass is 10.1. The molecule has 0 amide bonds. The van der Waals surface area contributed by atoms with Gasteiger partial charge in [0.2, 0.25) is 0 Å². The smallest absolute Gasteiger partial charge is 0.129 e. The lowest BCUT2D eigenvalue weighted by molar-refractivity contribution is 1.52. The van der Waals surface area contributed by atoms with Gasteiger partial charge in [0.25, 0.3) is 0 Å². The van der Waals surface area contributed by atoms with Crippen molar-refractivity contribution in [3.63, 3.8) is 0 Å². The summed E-state index contributed by atoms with van der Waals surface area (Å²) in [4.78, 5) is 0.615. The van der Waals surface area contributed by atoms with Crippen LogP contribution in [-0.4, -0.2) is 0 Å². The van der Waals surface area contributed by atoms with Crippen LogP contribution < -0.4 is 5.73 Å². The normalized spacial score (nSPS) is 10.2. The van der Waals surface area contributed by atoms with Crippen LogP contribution in [0.3, 0.4) is 0 Å². The van der Waals surface area contributed by atoms with Crippen LogP contribution in [0.5, 0.6) is 0 Å². The van der Waals surface area contributed by atoms with Gasteiger partial charge in [-0.1, -0.05) is 18.2 Å². The molecule has 0 spiro atoms. The van der Waals surface area contributed by atoms with Crippen molar-refractivity contribution in [1.29, 1.82) is 5.26 Å². The first-order valence-electron chi connectivity index (χ1n) is 3.91. The molecule has 2 rings (SSSR count). The molecule has 1 heterocycles. The highest BCUT2D eigenvalue weighted by Crippen LogP contribution is 2.34. The first kappa shape index (κ1) is 8.09. The van der Waals surface area contributed by atoms with E-state index in [0.717, 1.165) is 10.1 Å². The van der Waals surface area contributed by atoms with Crippen molar-refractivity contribution in [2.45, 2.75) is 6.92 Å². The summed E-state index contributed by atoms with van der Waals surface area (Å²) in [6, 6.07) is 8.05. The second-order valence-corrected chi connectivity index (χ2v) is 3.93. The molecule has 1 aromatic heterocycles. The first-order chi connectivity index (χ1) is 6.24. The summed E-state index contributed by atoms with van der Waals surface area (Å²) in [6.07, 6.45) is 0. The number of nitrogen functional groups attached to an aromatic ring is 1. The molecule has 0 unspecified atom stereocenters. The molecule has 0 radical (unpaired) electrons. The Morgan fingerprint density at radius 3 is 2.85 bits per heavy atom. The van der Waals surface area contributed by atoms with E-state index in [1.165, 1.54) is 16.9 Å². The van der Waals surface area contributed by atoms with E-state index in [9.17, 15) is 0 Å². The molecule has 64 valence electrons. The van der Waals surface area contributed by atoms with Crippen LogP contribution in [0.25, 0.3) is 10.1 Å². The van der Waals surface area contributed by atoms with Crippen molar-refractivity contribution in [1.82, 2.24) is 0 Å². The van der Waals surface area contributed by atoms with Gasteiger partial charge in [-0.05, 0) is 12.5 Å². The van der Waals surface area contributed by atoms with Gasteiger partial charge in [0.15, 0.2) is 0 Å². The third kappa shape index (κ3) is 1.07. The summed E-state index contributed by atoms with van der Waals surface area (Å²) in [5, 5.41) is 9.79. The summed E-state index contributed by atoms with van der Waals surface area (Å²) in [7, 11) is 0. The number of thiophene rings is 1. The maximum absolute atomic E-state index is 8.79. The number of hydrogen-bond acceptors (Lipinski definition) is 3. The molecule has 13 heavy (non-hydrogen) atoms. The third-order valence-electron chi connectivity index (χ3n) is 2.05. The van der Waals surface area contributed by atoms with E-state index in [-0.39, 0.29) is 0 Å². The Bertz CT molecular complexity index is 505. The number of fused-ring (bicyclic) bond motifs is 1. The Kier molecular flexibility index (Phi) is 1.71. The lowest BCUT2D eigenvalue weighted by Gasteiger charge is -1.93. The highest BCUT2D eigenvalue weighted by Gasteiger charge is 2.09. The minimum absolute atomic E-state index is 0.615. The summed E-state index contributed by atoms with van der Waals surface area (Å²) in [5.74, 6) is 0. The number of hydrogen-bond donors (Lipinski definition) is 1. The topological polar surface area (TPSA) is 49.8 Å². The minimum atomic E-state index is 0.615. The number of nitrogens with two attached hydrogens (primary N) is 1. The molecule has 1 aromatic carbocycles. The summed E-state index contributed by atoms with van der Waals surface area (Å²) in [6.45, 7) is 2.03. The van der Waals surface area contributed by atoms with Crippen molar-refractivity contribution >= 4 is 27.1 Å². The van der Waals surface area contributed by atoms with Gasteiger partial charge < -0.3 is 5.73 Å². The summed E-state index contributed by atoms with van der Waals surface area (Å²) >= 11 is 1.46.